The van der Waals surface area contributed by atoms with Crippen molar-refractivity contribution in [3.05, 3.63) is 70.8 Å². The van der Waals surface area contributed by atoms with Crippen molar-refractivity contribution >= 4 is 28.1 Å². The van der Waals surface area contributed by atoms with Gasteiger partial charge in [0.2, 0.25) is 0 Å². The van der Waals surface area contributed by atoms with Crippen LogP contribution < -0.4 is 4.90 Å². The third kappa shape index (κ3) is 1.85. The molecule has 0 fully saturated rings. The van der Waals surface area contributed by atoms with Gasteiger partial charge in [0.25, 0.3) is 5.91 Å². The Kier molecular flexibility index (Phi) is 2.76. The summed E-state index contributed by atoms with van der Waals surface area (Å²) in [6.07, 6.45) is 0. The molecule has 0 bridgehead atoms. The van der Waals surface area contributed by atoms with Crippen molar-refractivity contribution in [3.8, 4) is 6.07 Å². The predicted molar refractivity (Wildman–Crippen MR) is 91.0 cm³/mol. The number of carbonyl (C=O) groups excluding carboxylic acids is 1. The van der Waals surface area contributed by atoms with E-state index >= 15 is 0 Å². The highest BCUT2D eigenvalue weighted by atomic mass is 16.2. The number of amides is 1. The molecule has 0 spiro atoms. The Morgan fingerprint density at radius 1 is 1.00 bits per heavy atom. The second kappa shape index (κ2) is 4.69. The molecule has 1 amide bonds. The number of benzene rings is 3. The Balaban J connectivity index is 2.05. The number of nitrogens with zero attached hydrogens (tertiary/aromatic N) is 2. The minimum Gasteiger partial charge on any atom is -0.276 e. The Morgan fingerprint density at radius 2 is 1.74 bits per heavy atom. The fourth-order valence-electron chi connectivity index (χ4n) is 3.42. The molecular weight excluding hydrogens is 284 g/mol. The van der Waals surface area contributed by atoms with E-state index in [-0.39, 0.29) is 5.91 Å². The molecule has 0 N–H and O–H groups in total. The summed E-state index contributed by atoms with van der Waals surface area (Å²) in [6, 6.07) is 17.7. The summed E-state index contributed by atoms with van der Waals surface area (Å²) >= 11 is 0. The van der Waals surface area contributed by atoms with E-state index in [4.69, 9.17) is 0 Å². The van der Waals surface area contributed by atoms with Crippen LogP contribution in [0.15, 0.2) is 48.5 Å². The lowest BCUT2D eigenvalue weighted by Crippen LogP contribution is -2.21. The molecule has 0 saturated heterocycles. The predicted octanol–water partition coefficient (Wildman–Crippen LogP) is 4.62. The maximum absolute atomic E-state index is 13.1. The van der Waals surface area contributed by atoms with Crippen molar-refractivity contribution < 1.29 is 4.79 Å². The summed E-state index contributed by atoms with van der Waals surface area (Å²) in [4.78, 5) is 14.8. The Bertz CT molecular complexity index is 1010. The third-order valence-corrected chi connectivity index (χ3v) is 4.27. The molecule has 4 rings (SSSR count). The maximum atomic E-state index is 13.1. The summed E-state index contributed by atoms with van der Waals surface area (Å²) in [5.74, 6) is -0.127. The smallest absolute Gasteiger partial charge is 0.264 e. The van der Waals surface area contributed by atoms with Crippen LogP contribution in [0.4, 0.5) is 11.4 Å². The van der Waals surface area contributed by atoms with E-state index in [0.717, 1.165) is 33.3 Å². The van der Waals surface area contributed by atoms with Gasteiger partial charge in [-0.1, -0.05) is 24.3 Å². The zero-order chi connectivity index (χ0) is 16.1. The number of hydrogen-bond acceptors (Lipinski definition) is 2. The molecule has 23 heavy (non-hydrogen) atoms. The van der Waals surface area contributed by atoms with Gasteiger partial charge in [-0.05, 0) is 54.6 Å². The van der Waals surface area contributed by atoms with Crippen molar-refractivity contribution in [2.45, 2.75) is 13.8 Å². The van der Waals surface area contributed by atoms with Crippen LogP contribution in [-0.2, 0) is 0 Å². The lowest BCUT2D eigenvalue weighted by Gasteiger charge is -2.19. The van der Waals surface area contributed by atoms with E-state index in [0.29, 0.717) is 11.1 Å². The van der Waals surface area contributed by atoms with Gasteiger partial charge in [0.05, 0.1) is 22.9 Å². The van der Waals surface area contributed by atoms with Crippen LogP contribution in [0.5, 0.6) is 0 Å². The van der Waals surface area contributed by atoms with Gasteiger partial charge in [-0.2, -0.15) is 5.26 Å². The fourth-order valence-corrected chi connectivity index (χ4v) is 3.42. The van der Waals surface area contributed by atoms with E-state index in [1.54, 1.807) is 11.0 Å². The van der Waals surface area contributed by atoms with Gasteiger partial charge in [-0.25, -0.2) is 0 Å². The van der Waals surface area contributed by atoms with Crippen molar-refractivity contribution in [3.63, 3.8) is 0 Å². The number of anilines is 2. The first-order chi connectivity index (χ1) is 11.1. The van der Waals surface area contributed by atoms with Crippen LogP contribution in [0.25, 0.3) is 10.8 Å². The minimum absolute atomic E-state index is 0.127. The van der Waals surface area contributed by atoms with Gasteiger partial charge in [0.15, 0.2) is 0 Å². The van der Waals surface area contributed by atoms with E-state index in [2.05, 4.69) is 12.1 Å². The quantitative estimate of drug-likeness (QED) is 0.658. The van der Waals surface area contributed by atoms with Crippen LogP contribution in [-0.4, -0.2) is 5.91 Å². The summed E-state index contributed by atoms with van der Waals surface area (Å²) in [5.41, 5.74) is 4.86. The molecule has 1 aliphatic heterocycles. The number of nitriles is 1. The molecule has 0 aromatic heterocycles. The highest BCUT2D eigenvalue weighted by Gasteiger charge is 2.33. The second-order valence-corrected chi connectivity index (χ2v) is 5.96. The number of aryl methyl sites for hydroxylation is 2. The maximum Gasteiger partial charge on any atom is 0.264 e. The van der Waals surface area contributed by atoms with Gasteiger partial charge in [0, 0.05) is 11.1 Å². The van der Waals surface area contributed by atoms with E-state index in [9.17, 15) is 10.1 Å². The largest absolute Gasteiger partial charge is 0.276 e. The van der Waals surface area contributed by atoms with Gasteiger partial charge in [0.1, 0.15) is 0 Å². The second-order valence-electron chi connectivity index (χ2n) is 5.96. The van der Waals surface area contributed by atoms with Crippen molar-refractivity contribution in [1.82, 2.24) is 0 Å². The van der Waals surface area contributed by atoms with Crippen LogP contribution in [0.1, 0.15) is 27.0 Å². The number of hydrogen-bond donors (Lipinski definition) is 0. The van der Waals surface area contributed by atoms with Crippen molar-refractivity contribution in [1.29, 1.82) is 5.26 Å². The Hall–Kier alpha value is -3.12. The summed E-state index contributed by atoms with van der Waals surface area (Å²) in [7, 11) is 0. The Morgan fingerprint density at radius 3 is 2.43 bits per heavy atom. The summed E-state index contributed by atoms with van der Waals surface area (Å²) in [6.45, 7) is 4.04. The third-order valence-electron chi connectivity index (χ3n) is 4.27. The average molecular weight is 298 g/mol. The van der Waals surface area contributed by atoms with Crippen LogP contribution >= 0.6 is 0 Å². The number of rotatable bonds is 1. The SMILES string of the molecule is Cc1cc(C)cc(N2C(=O)c3c(C#N)ccc4cccc2c34)c1. The van der Waals surface area contributed by atoms with E-state index in [1.165, 1.54) is 0 Å². The summed E-state index contributed by atoms with van der Waals surface area (Å²) in [5, 5.41) is 11.2. The molecule has 3 heteroatoms. The molecule has 1 heterocycles. The lowest BCUT2D eigenvalue weighted by atomic mass is 10.0. The normalized spacial score (nSPS) is 12.7. The first-order valence-electron chi connectivity index (χ1n) is 7.49. The van der Waals surface area contributed by atoms with Crippen molar-refractivity contribution in [2.75, 3.05) is 4.90 Å². The molecule has 3 aromatic rings. The van der Waals surface area contributed by atoms with Gasteiger partial charge in [-0.15, -0.1) is 0 Å². The van der Waals surface area contributed by atoms with Crippen LogP contribution in [0.2, 0.25) is 0 Å². The highest BCUT2D eigenvalue weighted by Crippen LogP contribution is 2.43. The summed E-state index contributed by atoms with van der Waals surface area (Å²) < 4.78 is 0. The molecular formula is C20H14N2O. The minimum atomic E-state index is -0.127. The molecule has 0 unspecified atom stereocenters. The standard InChI is InChI=1S/C20H14N2O/c1-12-8-13(2)10-16(9-12)22-17-5-3-4-14-6-7-15(11-21)19(18(14)17)20(22)23/h3-10H,1-2H3. The van der Waals surface area contributed by atoms with Crippen LogP contribution in [0.3, 0.4) is 0 Å². The first kappa shape index (κ1) is 13.5. The molecule has 0 radical (unpaired) electrons. The molecule has 3 nitrogen and oxygen atoms in total. The van der Waals surface area contributed by atoms with Gasteiger partial charge >= 0.3 is 0 Å². The lowest BCUT2D eigenvalue weighted by molar-refractivity contribution is 0.100. The zero-order valence-corrected chi connectivity index (χ0v) is 12.9. The first-order valence-corrected chi connectivity index (χ1v) is 7.49. The van der Waals surface area contributed by atoms with Gasteiger partial charge < -0.3 is 0 Å². The fraction of sp³-hybridized carbons (Fsp3) is 0.100. The Labute approximate surface area is 134 Å². The monoisotopic (exact) mass is 298 g/mol. The topological polar surface area (TPSA) is 44.1 Å². The van der Waals surface area contributed by atoms with E-state index < -0.39 is 0 Å². The van der Waals surface area contributed by atoms with E-state index in [1.807, 2.05) is 50.2 Å². The number of carbonyl (C=O) groups is 1. The molecule has 0 aliphatic carbocycles. The molecule has 3 aromatic carbocycles. The molecule has 0 saturated carbocycles. The average Bonchev–Trinajstić information content (AvgIpc) is 2.82. The highest BCUT2D eigenvalue weighted by molar-refractivity contribution is 6.28. The van der Waals surface area contributed by atoms with Crippen molar-refractivity contribution in [2.24, 2.45) is 0 Å². The molecule has 0 atom stereocenters. The van der Waals surface area contributed by atoms with Gasteiger partial charge in [-0.3, -0.25) is 9.69 Å². The molecule has 110 valence electrons. The zero-order valence-electron chi connectivity index (χ0n) is 12.9. The molecule has 1 aliphatic rings. The van der Waals surface area contributed by atoms with Crippen LogP contribution in [0, 0.1) is 25.2 Å².